The van der Waals surface area contributed by atoms with E-state index in [1.165, 1.54) is 16.9 Å². The first-order valence-corrected chi connectivity index (χ1v) is 18.2. The Morgan fingerprint density at radius 1 is 0.962 bits per heavy atom. The van der Waals surface area contributed by atoms with Crippen molar-refractivity contribution in [2.75, 3.05) is 31.8 Å². The summed E-state index contributed by atoms with van der Waals surface area (Å²) in [5.41, 5.74) is 0.321. The van der Waals surface area contributed by atoms with Crippen LogP contribution in [0.15, 0.2) is 109 Å². The summed E-state index contributed by atoms with van der Waals surface area (Å²) in [4.78, 5) is 60.9. The molecule has 4 heterocycles. The van der Waals surface area contributed by atoms with Gasteiger partial charge in [0.2, 0.25) is 11.8 Å². The van der Waals surface area contributed by atoms with Crippen LogP contribution in [0, 0.1) is 11.8 Å². The summed E-state index contributed by atoms with van der Waals surface area (Å²) in [6, 6.07) is 22.6. The predicted octanol–water partition coefficient (Wildman–Crippen LogP) is 4.19. The minimum absolute atomic E-state index is 0.0496. The standard InChI is InChI=1S/C41H42ClN3O8/c1-51-25-30-36(27-15-6-3-7-16-27)52-40(50)34-32(19-10-11-20-33(47)43-30)53-41-21-12-22-44(31-18-9-8-17-29(31)42)39(49)37(41)45(38(48)35(34)41)28(24-46)23-26-13-4-2-5-14-26/h2-10,12-19,21,28,30,32,34-37,46H,11,20,22-25H2,1H3,(H,43,47)/b19-10-/t28-,30-,32-,34+,35+,36-,37-,41+/m1/s1. The summed E-state index contributed by atoms with van der Waals surface area (Å²) < 4.78 is 18.7. The third-order valence-corrected chi connectivity index (χ3v) is 10.9. The van der Waals surface area contributed by atoms with Crippen LogP contribution in [0.3, 0.4) is 0 Å². The maximum Gasteiger partial charge on any atom is 0.313 e. The van der Waals surface area contributed by atoms with Crippen molar-refractivity contribution < 1.29 is 38.5 Å². The molecule has 0 aromatic heterocycles. The number of nitrogens with zero attached hydrogens (tertiary/aromatic N) is 2. The second-order valence-electron chi connectivity index (χ2n) is 13.8. The molecule has 276 valence electrons. The Labute approximate surface area is 313 Å². The molecule has 4 aliphatic heterocycles. The molecule has 0 saturated carbocycles. The molecule has 12 heteroatoms. The van der Waals surface area contributed by atoms with Crippen LogP contribution in [-0.4, -0.2) is 90.4 Å². The van der Waals surface area contributed by atoms with Crippen LogP contribution in [-0.2, 0) is 39.8 Å². The first kappa shape index (κ1) is 36.5. The first-order chi connectivity index (χ1) is 25.8. The van der Waals surface area contributed by atoms with E-state index >= 15 is 9.59 Å². The molecular weight excluding hydrogens is 698 g/mol. The average molecular weight is 740 g/mol. The number of cyclic esters (lactones) is 1. The number of hydrogen-bond acceptors (Lipinski definition) is 8. The minimum atomic E-state index is -1.62. The Morgan fingerprint density at radius 3 is 2.40 bits per heavy atom. The lowest BCUT2D eigenvalue weighted by molar-refractivity contribution is -0.162. The maximum atomic E-state index is 15.1. The van der Waals surface area contributed by atoms with Gasteiger partial charge in [-0.3, -0.25) is 19.2 Å². The van der Waals surface area contributed by atoms with Crippen LogP contribution in [0.4, 0.5) is 5.69 Å². The van der Waals surface area contributed by atoms with Crippen molar-refractivity contribution in [1.82, 2.24) is 10.2 Å². The second kappa shape index (κ2) is 15.7. The van der Waals surface area contributed by atoms with Gasteiger partial charge in [0.15, 0.2) is 0 Å². The molecule has 2 saturated heterocycles. The van der Waals surface area contributed by atoms with Gasteiger partial charge in [-0.05, 0) is 36.1 Å². The number of rotatable bonds is 8. The highest BCUT2D eigenvalue weighted by atomic mass is 35.5. The number of benzene rings is 3. The van der Waals surface area contributed by atoms with Gasteiger partial charge in [0.1, 0.15) is 23.7 Å². The zero-order valence-corrected chi connectivity index (χ0v) is 30.0. The molecule has 53 heavy (non-hydrogen) atoms. The van der Waals surface area contributed by atoms with E-state index in [4.69, 9.17) is 25.8 Å². The van der Waals surface area contributed by atoms with E-state index in [1.807, 2.05) is 48.5 Å². The number of anilines is 1. The van der Waals surface area contributed by atoms with Crippen molar-refractivity contribution in [3.05, 3.63) is 125 Å². The number of carbonyl (C=O) groups excluding carboxylic acids is 4. The normalized spacial score (nSPS) is 29.9. The molecule has 3 amide bonds. The largest absolute Gasteiger partial charge is 0.455 e. The molecule has 2 N–H and O–H groups in total. The minimum Gasteiger partial charge on any atom is -0.455 e. The highest BCUT2D eigenvalue weighted by molar-refractivity contribution is 6.34. The van der Waals surface area contributed by atoms with Crippen molar-refractivity contribution in [3.63, 3.8) is 0 Å². The third kappa shape index (κ3) is 6.90. The smallest absolute Gasteiger partial charge is 0.313 e. The lowest BCUT2D eigenvalue weighted by atomic mass is 9.77. The molecule has 8 atom stereocenters. The van der Waals surface area contributed by atoms with E-state index in [1.54, 1.807) is 60.7 Å². The van der Waals surface area contributed by atoms with Crippen molar-refractivity contribution in [2.24, 2.45) is 11.8 Å². The van der Waals surface area contributed by atoms with E-state index in [9.17, 15) is 14.7 Å². The van der Waals surface area contributed by atoms with Gasteiger partial charge in [-0.2, -0.15) is 0 Å². The van der Waals surface area contributed by atoms with Crippen LogP contribution in [0.1, 0.15) is 30.1 Å². The summed E-state index contributed by atoms with van der Waals surface area (Å²) in [6.07, 6.45) is 5.72. The SMILES string of the molecule is COC[C@H]1NC(=O)CC/C=C\[C@H]2O[C@]34C=CCN(c5ccccc5Cl)C(=O)[C@H]3N([C@@H](CO)Cc3ccccc3)C(=O)[C@@H]4[C@H]2C(=O)O[C@@H]1c1ccccc1. The van der Waals surface area contributed by atoms with Crippen molar-refractivity contribution in [1.29, 1.82) is 0 Å². The molecule has 0 aliphatic carbocycles. The van der Waals surface area contributed by atoms with Gasteiger partial charge in [0, 0.05) is 20.1 Å². The molecule has 0 radical (unpaired) electrons. The first-order valence-electron chi connectivity index (χ1n) is 17.9. The lowest BCUT2D eigenvalue weighted by Gasteiger charge is -2.38. The molecule has 7 rings (SSSR count). The number of aliphatic hydroxyl groups is 1. The van der Waals surface area contributed by atoms with Crippen molar-refractivity contribution in [2.45, 2.75) is 55.2 Å². The molecule has 0 unspecified atom stereocenters. The quantitative estimate of drug-likeness (QED) is 0.260. The molecule has 2 fully saturated rings. The number of para-hydroxylation sites is 1. The molecule has 0 bridgehead atoms. The summed E-state index contributed by atoms with van der Waals surface area (Å²) in [5.74, 6) is -4.32. The van der Waals surface area contributed by atoms with Crippen LogP contribution < -0.4 is 10.2 Å². The lowest BCUT2D eigenvalue weighted by Crippen LogP contribution is -2.58. The predicted molar refractivity (Wildman–Crippen MR) is 197 cm³/mol. The van der Waals surface area contributed by atoms with E-state index in [2.05, 4.69) is 5.32 Å². The number of likely N-dealkylation sites (tertiary alicyclic amines) is 1. The Hall–Kier alpha value is -4.81. The number of allylic oxidation sites excluding steroid dienone is 1. The number of nitrogens with one attached hydrogen (secondary N) is 1. The van der Waals surface area contributed by atoms with E-state index in [-0.39, 0.29) is 31.9 Å². The molecule has 3 aromatic carbocycles. The fraction of sp³-hybridized carbons (Fsp3) is 0.366. The van der Waals surface area contributed by atoms with E-state index in [0.29, 0.717) is 22.7 Å². The monoisotopic (exact) mass is 739 g/mol. The van der Waals surface area contributed by atoms with Gasteiger partial charge >= 0.3 is 5.97 Å². The number of fused-ring (bicyclic) bond motifs is 2. The van der Waals surface area contributed by atoms with Crippen molar-refractivity contribution in [3.8, 4) is 0 Å². The number of aliphatic hydroxyl groups excluding tert-OH is 1. The molecular formula is C41H42ClN3O8. The second-order valence-corrected chi connectivity index (χ2v) is 14.2. The number of amides is 3. The Kier molecular flexibility index (Phi) is 10.8. The van der Waals surface area contributed by atoms with Crippen LogP contribution >= 0.6 is 11.6 Å². The average Bonchev–Trinajstić information content (AvgIpc) is 3.56. The number of hydrogen-bond donors (Lipinski definition) is 2. The van der Waals surface area contributed by atoms with E-state index in [0.717, 1.165) is 5.56 Å². The van der Waals surface area contributed by atoms with Crippen molar-refractivity contribution >= 4 is 41.0 Å². The Balaban J connectivity index is 1.35. The zero-order chi connectivity index (χ0) is 37.1. The van der Waals surface area contributed by atoms with Gasteiger partial charge in [0.25, 0.3) is 5.91 Å². The third-order valence-electron chi connectivity index (χ3n) is 10.6. The van der Waals surface area contributed by atoms with Crippen LogP contribution in [0.25, 0.3) is 0 Å². The number of ether oxygens (including phenoxy) is 3. The topological polar surface area (TPSA) is 135 Å². The van der Waals surface area contributed by atoms with Gasteiger partial charge in [-0.1, -0.05) is 109 Å². The van der Waals surface area contributed by atoms with Crippen LogP contribution in [0.5, 0.6) is 0 Å². The number of halogens is 1. The van der Waals surface area contributed by atoms with Gasteiger partial charge < -0.3 is 34.4 Å². The number of esters is 1. The van der Waals surface area contributed by atoms with Gasteiger partial charge in [0.05, 0.1) is 48.0 Å². The van der Waals surface area contributed by atoms with Gasteiger partial charge in [-0.25, -0.2) is 0 Å². The fourth-order valence-corrected chi connectivity index (χ4v) is 8.48. The maximum absolute atomic E-state index is 15.1. The molecule has 4 aliphatic rings. The molecule has 1 spiro atoms. The molecule has 11 nitrogen and oxygen atoms in total. The number of carbonyl (C=O) groups is 4. The summed E-state index contributed by atoms with van der Waals surface area (Å²) >= 11 is 6.63. The summed E-state index contributed by atoms with van der Waals surface area (Å²) in [5, 5.41) is 14.2. The highest BCUT2D eigenvalue weighted by Gasteiger charge is 2.72. The Bertz CT molecular complexity index is 1890. The summed E-state index contributed by atoms with van der Waals surface area (Å²) in [6.45, 7) is -0.274. The van der Waals surface area contributed by atoms with Crippen LogP contribution in [0.2, 0.25) is 5.02 Å². The molecule has 3 aromatic rings. The van der Waals surface area contributed by atoms with Gasteiger partial charge in [-0.15, -0.1) is 0 Å². The fourth-order valence-electron chi connectivity index (χ4n) is 8.25. The summed E-state index contributed by atoms with van der Waals surface area (Å²) in [7, 11) is 1.50. The zero-order valence-electron chi connectivity index (χ0n) is 29.3. The highest BCUT2D eigenvalue weighted by Crippen LogP contribution is 2.54. The number of methoxy groups -OCH3 is 1. The Morgan fingerprint density at radius 2 is 1.68 bits per heavy atom. The van der Waals surface area contributed by atoms with E-state index < -0.39 is 72.2 Å².